The highest BCUT2D eigenvalue weighted by atomic mass is 32.2. The minimum atomic E-state index is -3.76. The van der Waals surface area contributed by atoms with Gasteiger partial charge in [0.1, 0.15) is 16.4 Å². The van der Waals surface area contributed by atoms with Crippen molar-refractivity contribution in [1.29, 1.82) is 0 Å². The zero-order valence-electron chi connectivity index (χ0n) is 17.1. The van der Waals surface area contributed by atoms with Gasteiger partial charge in [0, 0.05) is 30.8 Å². The van der Waals surface area contributed by atoms with Crippen molar-refractivity contribution < 1.29 is 22.7 Å². The fourth-order valence-electron chi connectivity index (χ4n) is 3.08. The maximum atomic E-state index is 13.0. The average molecular weight is 419 g/mol. The standard InChI is InChI=1S/C21H26N2O5S/c1-14-5-9-18(27-3)16(11-14)13-23(2)21(24)15-6-10-19(28-4)20(12-15)29(25,26)22-17-7-8-17/h5-6,9-12,17,22H,7-8,13H2,1-4H3. The molecule has 29 heavy (non-hydrogen) atoms. The number of methoxy groups -OCH3 is 2. The van der Waals surface area contributed by atoms with Crippen molar-refractivity contribution >= 4 is 15.9 Å². The highest BCUT2D eigenvalue weighted by Gasteiger charge is 2.30. The van der Waals surface area contributed by atoms with Crippen molar-refractivity contribution in [3.63, 3.8) is 0 Å². The molecule has 1 aliphatic rings. The number of hydrogen-bond acceptors (Lipinski definition) is 5. The monoisotopic (exact) mass is 418 g/mol. The van der Waals surface area contributed by atoms with Crippen LogP contribution in [0.2, 0.25) is 0 Å². The van der Waals surface area contributed by atoms with Gasteiger partial charge in [0.25, 0.3) is 5.91 Å². The van der Waals surface area contributed by atoms with E-state index in [1.165, 1.54) is 24.1 Å². The molecular formula is C21H26N2O5S. The molecule has 8 heteroatoms. The second kappa shape index (κ2) is 8.42. The van der Waals surface area contributed by atoms with Crippen LogP contribution in [-0.4, -0.2) is 46.5 Å². The van der Waals surface area contributed by atoms with Crippen molar-refractivity contribution in [3.05, 3.63) is 53.1 Å². The van der Waals surface area contributed by atoms with E-state index in [1.807, 2.05) is 25.1 Å². The minimum absolute atomic E-state index is 0.0284. The van der Waals surface area contributed by atoms with E-state index in [1.54, 1.807) is 20.2 Å². The first kappa shape index (κ1) is 21.1. The van der Waals surface area contributed by atoms with E-state index >= 15 is 0 Å². The fourth-order valence-corrected chi connectivity index (χ4v) is 4.58. The lowest BCUT2D eigenvalue weighted by molar-refractivity contribution is 0.0784. The molecule has 3 rings (SSSR count). The molecule has 1 amide bonds. The lowest BCUT2D eigenvalue weighted by atomic mass is 10.1. The highest BCUT2D eigenvalue weighted by Crippen LogP contribution is 2.29. The van der Waals surface area contributed by atoms with E-state index in [4.69, 9.17) is 9.47 Å². The molecule has 1 N–H and O–H groups in total. The molecule has 0 heterocycles. The summed E-state index contributed by atoms with van der Waals surface area (Å²) in [6.07, 6.45) is 1.64. The van der Waals surface area contributed by atoms with Crippen molar-refractivity contribution in [3.8, 4) is 11.5 Å². The van der Waals surface area contributed by atoms with Crippen LogP contribution >= 0.6 is 0 Å². The smallest absolute Gasteiger partial charge is 0.253 e. The quantitative estimate of drug-likeness (QED) is 0.713. The normalized spacial score (nSPS) is 13.8. The first-order valence-corrected chi connectivity index (χ1v) is 10.8. The van der Waals surface area contributed by atoms with E-state index in [2.05, 4.69) is 4.72 Å². The highest BCUT2D eigenvalue weighted by molar-refractivity contribution is 7.89. The molecule has 0 saturated heterocycles. The number of nitrogens with one attached hydrogen (secondary N) is 1. The first-order chi connectivity index (χ1) is 13.7. The summed E-state index contributed by atoms with van der Waals surface area (Å²) < 4.78 is 38.6. The van der Waals surface area contributed by atoms with Gasteiger partial charge in [-0.15, -0.1) is 0 Å². The lowest BCUT2D eigenvalue weighted by Crippen LogP contribution is -2.28. The number of hydrogen-bond donors (Lipinski definition) is 1. The van der Waals surface area contributed by atoms with Gasteiger partial charge in [-0.2, -0.15) is 0 Å². The lowest BCUT2D eigenvalue weighted by Gasteiger charge is -2.20. The second-order valence-corrected chi connectivity index (χ2v) is 8.92. The topological polar surface area (TPSA) is 84.9 Å². The van der Waals surface area contributed by atoms with Gasteiger partial charge in [-0.25, -0.2) is 13.1 Å². The predicted octanol–water partition coefficient (Wildman–Crippen LogP) is 2.73. The Hall–Kier alpha value is -2.58. The van der Waals surface area contributed by atoms with Crippen molar-refractivity contribution in [2.75, 3.05) is 21.3 Å². The summed E-state index contributed by atoms with van der Waals surface area (Å²) in [7, 11) is 0.902. The fraction of sp³-hybridized carbons (Fsp3) is 0.381. The molecule has 0 spiro atoms. The maximum absolute atomic E-state index is 13.0. The van der Waals surface area contributed by atoms with Gasteiger partial charge in [0.2, 0.25) is 10.0 Å². The number of ether oxygens (including phenoxy) is 2. The van der Waals surface area contributed by atoms with Gasteiger partial charge in [0.05, 0.1) is 14.2 Å². The van der Waals surface area contributed by atoms with Crippen LogP contribution in [0.25, 0.3) is 0 Å². The number of nitrogens with zero attached hydrogens (tertiary/aromatic N) is 1. The van der Waals surface area contributed by atoms with Gasteiger partial charge < -0.3 is 14.4 Å². The first-order valence-electron chi connectivity index (χ1n) is 9.34. The zero-order valence-corrected chi connectivity index (χ0v) is 17.9. The number of rotatable bonds is 8. The molecule has 156 valence electrons. The van der Waals surface area contributed by atoms with Crippen LogP contribution in [0.1, 0.15) is 34.3 Å². The van der Waals surface area contributed by atoms with Crippen LogP contribution in [-0.2, 0) is 16.6 Å². The van der Waals surface area contributed by atoms with E-state index in [0.29, 0.717) is 12.3 Å². The number of amides is 1. The Morgan fingerprint density at radius 3 is 2.38 bits per heavy atom. The van der Waals surface area contributed by atoms with Gasteiger partial charge in [-0.3, -0.25) is 4.79 Å². The van der Waals surface area contributed by atoms with Gasteiger partial charge in [-0.05, 0) is 44.0 Å². The summed E-state index contributed by atoms with van der Waals surface area (Å²) in [5.41, 5.74) is 2.21. The summed E-state index contributed by atoms with van der Waals surface area (Å²) >= 11 is 0. The molecule has 2 aromatic carbocycles. The van der Waals surface area contributed by atoms with E-state index in [0.717, 1.165) is 24.0 Å². The number of aryl methyl sites for hydroxylation is 1. The van der Waals surface area contributed by atoms with E-state index < -0.39 is 10.0 Å². The zero-order chi connectivity index (χ0) is 21.2. The van der Waals surface area contributed by atoms with Crippen molar-refractivity contribution in [2.45, 2.75) is 37.2 Å². The summed E-state index contributed by atoms with van der Waals surface area (Å²) in [5, 5.41) is 0. The third kappa shape index (κ3) is 4.89. The molecule has 0 bridgehead atoms. The second-order valence-electron chi connectivity index (χ2n) is 7.24. The van der Waals surface area contributed by atoms with Crippen LogP contribution in [0.4, 0.5) is 0 Å². The van der Waals surface area contributed by atoms with E-state index in [9.17, 15) is 13.2 Å². The van der Waals surface area contributed by atoms with Gasteiger partial charge >= 0.3 is 0 Å². The van der Waals surface area contributed by atoms with E-state index in [-0.39, 0.29) is 28.2 Å². The van der Waals surface area contributed by atoms with Crippen LogP contribution in [0.15, 0.2) is 41.3 Å². The molecule has 0 atom stereocenters. The third-order valence-corrected chi connectivity index (χ3v) is 6.33. The van der Waals surface area contributed by atoms with Gasteiger partial charge in [0.15, 0.2) is 0 Å². The Bertz CT molecular complexity index is 1020. The Kier molecular flexibility index (Phi) is 6.14. The molecule has 0 radical (unpaired) electrons. The molecule has 2 aromatic rings. The summed E-state index contributed by atoms with van der Waals surface area (Å²) in [4.78, 5) is 14.5. The van der Waals surface area contributed by atoms with Crippen LogP contribution in [0, 0.1) is 6.92 Å². The van der Waals surface area contributed by atoms with Gasteiger partial charge in [-0.1, -0.05) is 17.7 Å². The number of carbonyl (C=O) groups is 1. The summed E-state index contributed by atoms with van der Waals surface area (Å²) in [5.74, 6) is 0.610. The number of sulfonamides is 1. The molecule has 0 aliphatic heterocycles. The largest absolute Gasteiger partial charge is 0.496 e. The summed E-state index contributed by atoms with van der Waals surface area (Å²) in [6.45, 7) is 2.30. The molecule has 1 saturated carbocycles. The maximum Gasteiger partial charge on any atom is 0.253 e. The van der Waals surface area contributed by atoms with Crippen LogP contribution < -0.4 is 14.2 Å². The Labute approximate surface area is 171 Å². The predicted molar refractivity (Wildman–Crippen MR) is 110 cm³/mol. The molecule has 1 aliphatic carbocycles. The number of benzene rings is 2. The van der Waals surface area contributed by atoms with Crippen molar-refractivity contribution in [2.24, 2.45) is 0 Å². The number of carbonyl (C=O) groups excluding carboxylic acids is 1. The van der Waals surface area contributed by atoms with Crippen molar-refractivity contribution in [1.82, 2.24) is 9.62 Å². The van der Waals surface area contributed by atoms with Crippen LogP contribution in [0.5, 0.6) is 11.5 Å². The molecule has 0 unspecified atom stereocenters. The minimum Gasteiger partial charge on any atom is -0.496 e. The SMILES string of the molecule is COc1ccc(C)cc1CN(C)C(=O)c1ccc(OC)c(S(=O)(=O)NC2CC2)c1. The molecule has 7 nitrogen and oxygen atoms in total. The molecule has 0 aromatic heterocycles. The third-order valence-electron chi connectivity index (χ3n) is 4.79. The molecular weight excluding hydrogens is 392 g/mol. The van der Waals surface area contributed by atoms with Crippen LogP contribution in [0.3, 0.4) is 0 Å². The Balaban J connectivity index is 1.87. The molecule has 1 fully saturated rings. The Morgan fingerprint density at radius 1 is 1.10 bits per heavy atom. The average Bonchev–Trinajstić information content (AvgIpc) is 3.50. The Morgan fingerprint density at radius 2 is 1.76 bits per heavy atom. The summed E-state index contributed by atoms with van der Waals surface area (Å²) in [6, 6.07) is 10.2.